The molecule has 4 nitrogen and oxygen atoms in total. The highest BCUT2D eigenvalue weighted by Crippen LogP contribution is 2.19. The fraction of sp³-hybridized carbons (Fsp3) is 0.130. The zero-order chi connectivity index (χ0) is 19.1. The first kappa shape index (κ1) is 18.4. The molecule has 0 aliphatic carbocycles. The van der Waals surface area contributed by atoms with Gasteiger partial charge in [-0.25, -0.2) is 0 Å². The molecule has 3 aromatic carbocycles. The molecular weight excluding hydrogens is 336 g/mol. The molecule has 0 aliphatic heterocycles. The van der Waals surface area contributed by atoms with Crippen molar-refractivity contribution in [3.05, 3.63) is 95.6 Å². The van der Waals surface area contributed by atoms with Crippen molar-refractivity contribution in [2.45, 2.75) is 19.8 Å². The van der Waals surface area contributed by atoms with Gasteiger partial charge in [0.1, 0.15) is 0 Å². The lowest BCUT2D eigenvalue weighted by molar-refractivity contribution is -0.116. The van der Waals surface area contributed by atoms with Crippen molar-refractivity contribution in [3.63, 3.8) is 0 Å². The third-order valence-electron chi connectivity index (χ3n) is 4.17. The van der Waals surface area contributed by atoms with Crippen LogP contribution in [0.15, 0.2) is 78.9 Å². The number of carbonyl (C=O) groups is 2. The molecule has 27 heavy (non-hydrogen) atoms. The highest BCUT2D eigenvalue weighted by Gasteiger charge is 2.08. The first-order chi connectivity index (χ1) is 13.1. The van der Waals surface area contributed by atoms with Gasteiger partial charge in [0.25, 0.3) is 0 Å². The van der Waals surface area contributed by atoms with Crippen LogP contribution in [0.25, 0.3) is 0 Å². The van der Waals surface area contributed by atoms with Crippen molar-refractivity contribution in [1.29, 1.82) is 0 Å². The number of nitrogens with one attached hydrogen (secondary N) is 2. The molecule has 0 spiro atoms. The molecule has 0 bridgehead atoms. The van der Waals surface area contributed by atoms with Crippen LogP contribution in [-0.2, 0) is 22.4 Å². The van der Waals surface area contributed by atoms with E-state index >= 15 is 0 Å². The molecule has 0 aliphatic rings. The Balaban J connectivity index is 1.65. The number of para-hydroxylation sites is 1. The Labute approximate surface area is 159 Å². The van der Waals surface area contributed by atoms with Gasteiger partial charge < -0.3 is 10.6 Å². The highest BCUT2D eigenvalue weighted by atomic mass is 16.2. The Morgan fingerprint density at radius 3 is 2.11 bits per heavy atom. The van der Waals surface area contributed by atoms with Gasteiger partial charge in [0.2, 0.25) is 11.8 Å². The fourth-order valence-corrected chi connectivity index (χ4v) is 2.90. The molecule has 136 valence electrons. The van der Waals surface area contributed by atoms with Crippen LogP contribution in [0.2, 0.25) is 0 Å². The van der Waals surface area contributed by atoms with Crippen LogP contribution in [-0.4, -0.2) is 11.8 Å². The molecule has 0 fully saturated rings. The molecule has 2 N–H and O–H groups in total. The minimum absolute atomic E-state index is 0.0669. The summed E-state index contributed by atoms with van der Waals surface area (Å²) in [5.74, 6) is -0.182. The first-order valence-electron chi connectivity index (χ1n) is 8.88. The summed E-state index contributed by atoms with van der Waals surface area (Å²) in [4.78, 5) is 23.5. The van der Waals surface area contributed by atoms with Crippen molar-refractivity contribution in [1.82, 2.24) is 0 Å². The van der Waals surface area contributed by atoms with Gasteiger partial charge in [-0.2, -0.15) is 0 Å². The minimum Gasteiger partial charge on any atom is -0.326 e. The van der Waals surface area contributed by atoms with Crippen LogP contribution in [0, 0.1) is 0 Å². The van der Waals surface area contributed by atoms with Gasteiger partial charge in [-0.15, -0.1) is 0 Å². The van der Waals surface area contributed by atoms with Crippen molar-refractivity contribution < 1.29 is 9.59 Å². The van der Waals surface area contributed by atoms with Crippen molar-refractivity contribution >= 4 is 23.2 Å². The molecule has 0 atom stereocenters. The molecule has 4 heteroatoms. The number of rotatable bonds is 6. The van der Waals surface area contributed by atoms with Gasteiger partial charge >= 0.3 is 0 Å². The smallest absolute Gasteiger partial charge is 0.228 e. The minimum atomic E-state index is -0.115. The normalized spacial score (nSPS) is 10.3. The third kappa shape index (κ3) is 5.54. The van der Waals surface area contributed by atoms with Gasteiger partial charge in [0.05, 0.1) is 6.42 Å². The second kappa shape index (κ2) is 8.81. The van der Waals surface area contributed by atoms with E-state index in [4.69, 9.17) is 0 Å². The Morgan fingerprint density at radius 2 is 1.41 bits per heavy atom. The topological polar surface area (TPSA) is 58.2 Å². The number of carbonyl (C=O) groups excluding carboxylic acids is 2. The predicted octanol–water partition coefficient (Wildman–Crippen LogP) is 4.42. The number of amides is 2. The lowest BCUT2D eigenvalue weighted by atomic mass is 10.0. The van der Waals surface area contributed by atoms with Crippen molar-refractivity contribution in [3.8, 4) is 0 Å². The van der Waals surface area contributed by atoms with E-state index in [0.29, 0.717) is 0 Å². The summed E-state index contributed by atoms with van der Waals surface area (Å²) in [6.07, 6.45) is 1.04. The number of hydrogen-bond donors (Lipinski definition) is 2. The second-order valence-corrected chi connectivity index (χ2v) is 6.42. The van der Waals surface area contributed by atoms with E-state index in [1.165, 1.54) is 12.5 Å². The maximum Gasteiger partial charge on any atom is 0.228 e. The number of benzene rings is 3. The molecule has 2 amide bonds. The Morgan fingerprint density at radius 1 is 0.741 bits per heavy atom. The Bertz CT molecular complexity index is 919. The summed E-state index contributed by atoms with van der Waals surface area (Å²) in [6.45, 7) is 1.47. The van der Waals surface area contributed by atoms with E-state index in [9.17, 15) is 9.59 Å². The zero-order valence-corrected chi connectivity index (χ0v) is 15.2. The third-order valence-corrected chi connectivity index (χ3v) is 4.17. The molecule has 0 saturated heterocycles. The van der Waals surface area contributed by atoms with E-state index < -0.39 is 0 Å². The van der Waals surface area contributed by atoms with Crippen LogP contribution in [0.4, 0.5) is 11.4 Å². The summed E-state index contributed by atoms with van der Waals surface area (Å²) >= 11 is 0. The van der Waals surface area contributed by atoms with Crippen molar-refractivity contribution in [2.75, 3.05) is 10.6 Å². The summed E-state index contributed by atoms with van der Waals surface area (Å²) in [5.41, 5.74) is 4.73. The van der Waals surface area contributed by atoms with Gasteiger partial charge in [0, 0.05) is 18.3 Å². The largest absolute Gasteiger partial charge is 0.326 e. The fourth-order valence-electron chi connectivity index (χ4n) is 2.90. The summed E-state index contributed by atoms with van der Waals surface area (Å²) in [5, 5.41) is 5.73. The second-order valence-electron chi connectivity index (χ2n) is 6.42. The monoisotopic (exact) mass is 358 g/mol. The van der Waals surface area contributed by atoms with Crippen LogP contribution in [0.3, 0.4) is 0 Å². The number of anilines is 2. The average Bonchev–Trinajstić information content (AvgIpc) is 2.65. The first-order valence-corrected chi connectivity index (χ1v) is 8.88. The summed E-state index contributed by atoms with van der Waals surface area (Å²) in [7, 11) is 0. The van der Waals surface area contributed by atoms with E-state index in [1.807, 2.05) is 54.6 Å². The van der Waals surface area contributed by atoms with Crippen molar-refractivity contribution in [2.24, 2.45) is 0 Å². The van der Waals surface area contributed by atoms with Crippen LogP contribution in [0.1, 0.15) is 23.6 Å². The van der Waals surface area contributed by atoms with Gasteiger partial charge in [-0.3, -0.25) is 9.59 Å². The molecule has 3 rings (SSSR count). The van der Waals surface area contributed by atoms with E-state index in [1.54, 1.807) is 12.1 Å². The van der Waals surface area contributed by atoms with Gasteiger partial charge in [0.15, 0.2) is 0 Å². The van der Waals surface area contributed by atoms with Gasteiger partial charge in [-0.05, 0) is 41.3 Å². The zero-order valence-electron chi connectivity index (χ0n) is 15.2. The summed E-state index contributed by atoms with van der Waals surface area (Å²) in [6, 6.07) is 25.3. The average molecular weight is 358 g/mol. The number of hydrogen-bond acceptors (Lipinski definition) is 2. The van der Waals surface area contributed by atoms with E-state index in [2.05, 4.69) is 22.8 Å². The molecule has 0 unspecified atom stereocenters. The SMILES string of the molecule is CC(=O)Nc1ccc(CC(=O)Nc2ccccc2Cc2ccccc2)cc1. The van der Waals surface area contributed by atoms with E-state index in [-0.39, 0.29) is 18.2 Å². The quantitative estimate of drug-likeness (QED) is 0.685. The predicted molar refractivity (Wildman–Crippen MR) is 109 cm³/mol. The molecule has 0 radical (unpaired) electrons. The van der Waals surface area contributed by atoms with Crippen LogP contribution >= 0.6 is 0 Å². The van der Waals surface area contributed by atoms with E-state index in [0.717, 1.165) is 28.9 Å². The lowest BCUT2D eigenvalue weighted by Gasteiger charge is -2.11. The maximum atomic E-state index is 12.5. The standard InChI is InChI=1S/C23H22N2O2/c1-17(26)24-21-13-11-19(12-14-21)16-23(27)25-22-10-6-5-9-20(22)15-18-7-3-2-4-8-18/h2-14H,15-16H2,1H3,(H,24,26)(H,25,27). The molecule has 0 saturated carbocycles. The molecular formula is C23H22N2O2. The highest BCUT2D eigenvalue weighted by molar-refractivity contribution is 5.93. The maximum absolute atomic E-state index is 12.5. The van der Waals surface area contributed by atoms with Gasteiger partial charge in [-0.1, -0.05) is 60.7 Å². The van der Waals surface area contributed by atoms with Crippen LogP contribution in [0.5, 0.6) is 0 Å². The Kier molecular flexibility index (Phi) is 6.00. The van der Waals surface area contributed by atoms with Crippen LogP contribution < -0.4 is 10.6 Å². The molecule has 0 heterocycles. The molecule has 3 aromatic rings. The molecule has 0 aromatic heterocycles. The summed E-state index contributed by atoms with van der Waals surface area (Å²) < 4.78 is 0. The Hall–Kier alpha value is -3.40. The lowest BCUT2D eigenvalue weighted by Crippen LogP contribution is -2.15.